The molecule has 1 aliphatic rings. The van der Waals surface area contributed by atoms with Crippen LogP contribution in [0.3, 0.4) is 0 Å². The van der Waals surface area contributed by atoms with Crippen molar-refractivity contribution in [2.45, 2.75) is 17.9 Å². The zero-order valence-corrected chi connectivity index (χ0v) is 16.0. The second kappa shape index (κ2) is 8.53. The Morgan fingerprint density at radius 3 is 2.38 bits per heavy atom. The first-order chi connectivity index (χ1) is 12.0. The third-order valence-corrected chi connectivity index (χ3v) is 5.60. The molecule has 8 heteroatoms. The van der Waals surface area contributed by atoms with Gasteiger partial charge >= 0.3 is 0 Å². The van der Waals surface area contributed by atoms with Crippen molar-refractivity contribution in [2.24, 2.45) is 0 Å². The van der Waals surface area contributed by atoms with Gasteiger partial charge < -0.3 is 10.2 Å². The highest BCUT2D eigenvalue weighted by molar-refractivity contribution is 7.92. The third-order valence-electron chi connectivity index (χ3n) is 4.20. The summed E-state index contributed by atoms with van der Waals surface area (Å²) in [7, 11) is -3.68. The summed E-state index contributed by atoms with van der Waals surface area (Å²) in [6, 6.07) is 14.9. The van der Waals surface area contributed by atoms with Gasteiger partial charge in [-0.3, -0.25) is 9.52 Å². The molecule has 26 heavy (non-hydrogen) atoms. The summed E-state index contributed by atoms with van der Waals surface area (Å²) < 4.78 is 27.4. The molecule has 140 valence electrons. The van der Waals surface area contributed by atoms with E-state index < -0.39 is 10.0 Å². The molecule has 0 bridgehead atoms. The molecule has 0 unspecified atom stereocenters. The number of benzene rings is 2. The van der Waals surface area contributed by atoms with Crippen LogP contribution in [0, 0.1) is 0 Å². The minimum atomic E-state index is -3.68. The van der Waals surface area contributed by atoms with E-state index in [4.69, 9.17) is 0 Å². The number of halogens is 1. The van der Waals surface area contributed by atoms with Gasteiger partial charge in [-0.2, -0.15) is 0 Å². The van der Waals surface area contributed by atoms with Crippen LogP contribution >= 0.6 is 12.4 Å². The van der Waals surface area contributed by atoms with Gasteiger partial charge in [-0.25, -0.2) is 8.42 Å². The van der Waals surface area contributed by atoms with Gasteiger partial charge in [-0.15, -0.1) is 12.4 Å². The van der Waals surface area contributed by atoms with Crippen molar-refractivity contribution < 1.29 is 13.2 Å². The average Bonchev–Trinajstić information content (AvgIpc) is 2.62. The first kappa shape index (κ1) is 20.2. The lowest BCUT2D eigenvalue weighted by atomic mass is 10.1. The van der Waals surface area contributed by atoms with E-state index in [0.29, 0.717) is 17.8 Å². The van der Waals surface area contributed by atoms with Gasteiger partial charge in [0.15, 0.2) is 0 Å². The number of carbonyl (C=O) groups excluding carboxylic acids is 1. The number of para-hydroxylation sites is 1. The summed E-state index contributed by atoms with van der Waals surface area (Å²) in [5, 5.41) is 3.24. The third kappa shape index (κ3) is 4.55. The fraction of sp³-hybridized carbons (Fsp3) is 0.278. The van der Waals surface area contributed by atoms with E-state index in [9.17, 15) is 13.2 Å². The maximum absolute atomic E-state index is 12.6. The fourth-order valence-corrected chi connectivity index (χ4v) is 3.86. The quantitative estimate of drug-likeness (QED) is 0.832. The number of carbonyl (C=O) groups is 1. The van der Waals surface area contributed by atoms with Crippen LogP contribution in [0.25, 0.3) is 0 Å². The van der Waals surface area contributed by atoms with E-state index >= 15 is 0 Å². The Balaban J connectivity index is 0.00000243. The summed E-state index contributed by atoms with van der Waals surface area (Å²) in [6.07, 6.45) is 0. The van der Waals surface area contributed by atoms with Crippen LogP contribution in [-0.4, -0.2) is 44.9 Å². The molecular formula is C18H22ClN3O3S. The molecule has 1 saturated heterocycles. The standard InChI is InChI=1S/C18H21N3O3S.ClH/c1-14-13-19-11-12-21(14)18(22)15-7-9-17(10-8-15)25(23,24)20-16-5-3-2-4-6-16;/h2-10,14,19-20H,11-13H2,1H3;1H/t14-;/m1./s1. The number of sulfonamides is 1. The number of anilines is 1. The van der Waals surface area contributed by atoms with Gasteiger partial charge in [0.1, 0.15) is 0 Å². The molecule has 1 aliphatic heterocycles. The fourth-order valence-electron chi connectivity index (χ4n) is 2.81. The minimum absolute atomic E-state index is 0. The zero-order chi connectivity index (χ0) is 17.9. The van der Waals surface area contributed by atoms with E-state index in [-0.39, 0.29) is 29.3 Å². The molecule has 0 aromatic heterocycles. The Morgan fingerprint density at radius 1 is 1.12 bits per heavy atom. The molecule has 3 rings (SSSR count). The SMILES string of the molecule is C[C@@H]1CNCCN1C(=O)c1ccc(S(=O)(=O)Nc2ccccc2)cc1.Cl. The molecule has 2 aromatic rings. The van der Waals surface area contributed by atoms with Crippen LogP contribution in [0.15, 0.2) is 59.5 Å². The van der Waals surface area contributed by atoms with Gasteiger partial charge in [-0.05, 0) is 43.3 Å². The molecule has 2 aromatic carbocycles. The van der Waals surface area contributed by atoms with Gasteiger partial charge in [-0.1, -0.05) is 18.2 Å². The lowest BCUT2D eigenvalue weighted by Gasteiger charge is -2.34. The van der Waals surface area contributed by atoms with E-state index in [2.05, 4.69) is 10.0 Å². The maximum atomic E-state index is 12.6. The molecule has 1 heterocycles. The minimum Gasteiger partial charge on any atom is -0.333 e. The molecule has 1 fully saturated rings. The highest BCUT2D eigenvalue weighted by atomic mass is 35.5. The molecular weight excluding hydrogens is 374 g/mol. The smallest absolute Gasteiger partial charge is 0.261 e. The monoisotopic (exact) mass is 395 g/mol. The Labute approximate surface area is 160 Å². The molecule has 6 nitrogen and oxygen atoms in total. The largest absolute Gasteiger partial charge is 0.333 e. The summed E-state index contributed by atoms with van der Waals surface area (Å²) >= 11 is 0. The van der Waals surface area contributed by atoms with Gasteiger partial charge in [0.25, 0.3) is 15.9 Å². The highest BCUT2D eigenvalue weighted by Gasteiger charge is 2.24. The van der Waals surface area contributed by atoms with Crippen LogP contribution in [-0.2, 0) is 10.0 Å². The Kier molecular flexibility index (Phi) is 6.63. The molecule has 1 atom stereocenters. The predicted molar refractivity (Wildman–Crippen MR) is 104 cm³/mol. The van der Waals surface area contributed by atoms with E-state index in [1.807, 2.05) is 17.9 Å². The van der Waals surface area contributed by atoms with Crippen molar-refractivity contribution in [3.63, 3.8) is 0 Å². The van der Waals surface area contributed by atoms with E-state index in [1.54, 1.807) is 36.4 Å². The molecule has 0 spiro atoms. The van der Waals surface area contributed by atoms with Crippen molar-refractivity contribution >= 4 is 34.0 Å². The van der Waals surface area contributed by atoms with Crippen LogP contribution < -0.4 is 10.0 Å². The number of hydrogen-bond acceptors (Lipinski definition) is 4. The summed E-state index contributed by atoms with van der Waals surface area (Å²) in [5.74, 6) is -0.0750. The maximum Gasteiger partial charge on any atom is 0.261 e. The number of nitrogens with one attached hydrogen (secondary N) is 2. The highest BCUT2D eigenvalue weighted by Crippen LogP contribution is 2.18. The predicted octanol–water partition coefficient (Wildman–Crippen LogP) is 2.34. The number of amides is 1. The van der Waals surface area contributed by atoms with Crippen molar-refractivity contribution in [1.29, 1.82) is 0 Å². The molecule has 0 aliphatic carbocycles. The van der Waals surface area contributed by atoms with Crippen molar-refractivity contribution in [3.05, 3.63) is 60.2 Å². The Bertz CT molecular complexity index is 842. The lowest BCUT2D eigenvalue weighted by molar-refractivity contribution is 0.0655. The first-order valence-electron chi connectivity index (χ1n) is 8.17. The summed E-state index contributed by atoms with van der Waals surface area (Å²) in [4.78, 5) is 14.5. The molecule has 2 N–H and O–H groups in total. The number of piperazine rings is 1. The first-order valence-corrected chi connectivity index (χ1v) is 9.65. The molecule has 1 amide bonds. The second-order valence-corrected chi connectivity index (χ2v) is 7.73. The van der Waals surface area contributed by atoms with Crippen molar-refractivity contribution in [2.75, 3.05) is 24.4 Å². The lowest BCUT2D eigenvalue weighted by Crippen LogP contribution is -2.52. The van der Waals surface area contributed by atoms with Crippen LogP contribution in [0.5, 0.6) is 0 Å². The normalized spacial score (nSPS) is 17.3. The second-order valence-electron chi connectivity index (χ2n) is 6.05. The Hall–Kier alpha value is -2.09. The van der Waals surface area contributed by atoms with Crippen molar-refractivity contribution in [1.82, 2.24) is 10.2 Å². The van der Waals surface area contributed by atoms with Crippen LogP contribution in [0.2, 0.25) is 0 Å². The van der Waals surface area contributed by atoms with Gasteiger partial charge in [0.05, 0.1) is 4.90 Å². The zero-order valence-electron chi connectivity index (χ0n) is 14.4. The van der Waals surface area contributed by atoms with E-state index in [1.165, 1.54) is 12.1 Å². The van der Waals surface area contributed by atoms with E-state index in [0.717, 1.165) is 13.1 Å². The van der Waals surface area contributed by atoms with Crippen LogP contribution in [0.4, 0.5) is 5.69 Å². The summed E-state index contributed by atoms with van der Waals surface area (Å²) in [5.41, 5.74) is 0.990. The number of hydrogen-bond donors (Lipinski definition) is 2. The molecule has 0 saturated carbocycles. The topological polar surface area (TPSA) is 78.5 Å². The number of rotatable bonds is 4. The number of nitrogens with zero attached hydrogens (tertiary/aromatic N) is 1. The van der Waals surface area contributed by atoms with Crippen LogP contribution in [0.1, 0.15) is 17.3 Å². The molecule has 0 radical (unpaired) electrons. The average molecular weight is 396 g/mol. The van der Waals surface area contributed by atoms with Gasteiger partial charge in [0.2, 0.25) is 0 Å². The summed E-state index contributed by atoms with van der Waals surface area (Å²) in [6.45, 7) is 4.17. The van der Waals surface area contributed by atoms with Gasteiger partial charge in [0, 0.05) is 36.9 Å². The Morgan fingerprint density at radius 2 is 1.77 bits per heavy atom. The van der Waals surface area contributed by atoms with Crippen molar-refractivity contribution in [3.8, 4) is 0 Å².